The van der Waals surface area contributed by atoms with Crippen LogP contribution in [0.15, 0.2) is 30.5 Å². The quantitative estimate of drug-likeness (QED) is 0.129. The molecule has 2 rings (SSSR count). The molecule has 0 aliphatic heterocycles. The number of primary amides is 2. The van der Waals surface area contributed by atoms with Gasteiger partial charge in [-0.25, -0.2) is 0 Å². The molecule has 0 aliphatic carbocycles. The number of hydrogen-bond acceptors (Lipinski definition) is 7. The fraction of sp³-hybridized carbons (Fsp3) is 0.417. The molecule has 2 aromatic rings. The largest absolute Gasteiger partial charge is 0.480 e. The number of amides is 5. The zero-order valence-electron chi connectivity index (χ0n) is 20.9. The van der Waals surface area contributed by atoms with E-state index in [2.05, 4.69) is 20.9 Å². The van der Waals surface area contributed by atoms with Crippen molar-refractivity contribution in [3.8, 4) is 0 Å². The number of nitrogens with one attached hydrogen (secondary N) is 4. The highest BCUT2D eigenvalue weighted by Gasteiger charge is 2.30. The fourth-order valence-corrected chi connectivity index (χ4v) is 3.67. The summed E-state index contributed by atoms with van der Waals surface area (Å²) in [7, 11) is 0. The molecule has 0 fully saturated rings. The molecule has 5 amide bonds. The number of nitrogens with two attached hydrogens (primary N) is 3. The van der Waals surface area contributed by atoms with Crippen molar-refractivity contribution in [3.63, 3.8) is 0 Å². The number of aromatic nitrogens is 1. The first-order chi connectivity index (χ1) is 17.9. The fourth-order valence-electron chi connectivity index (χ4n) is 3.67. The standard InChI is InChI=1S/C24H33N7O7/c1-12(24(37)38)29-22(35)17(6-8-19(26)32)31-23(36)18(7-9-20(27)33)30-21(34)15(25)10-13-11-28-16-5-3-2-4-14(13)16/h2-5,11-12,15,17-18,28H,6-10,25H2,1H3,(H2,26,32)(H2,27,33)(H,29,35)(H,30,34)(H,31,36)(H,37,38). The topological polar surface area (TPSA) is 253 Å². The molecule has 38 heavy (non-hydrogen) atoms. The molecule has 1 aromatic heterocycles. The summed E-state index contributed by atoms with van der Waals surface area (Å²) in [6.45, 7) is 1.22. The number of carbonyl (C=O) groups excluding carboxylic acids is 5. The first kappa shape index (κ1) is 29.8. The highest BCUT2D eigenvalue weighted by Crippen LogP contribution is 2.18. The van der Waals surface area contributed by atoms with Gasteiger partial charge >= 0.3 is 5.97 Å². The number of carboxylic acids is 1. The summed E-state index contributed by atoms with van der Waals surface area (Å²) in [6, 6.07) is 2.48. The third kappa shape index (κ3) is 8.89. The third-order valence-electron chi connectivity index (χ3n) is 5.81. The molecular weight excluding hydrogens is 498 g/mol. The Morgan fingerprint density at radius 1 is 0.868 bits per heavy atom. The van der Waals surface area contributed by atoms with E-state index in [0.717, 1.165) is 16.5 Å². The summed E-state index contributed by atoms with van der Waals surface area (Å²) in [5.74, 6) is -5.19. The second-order valence-electron chi connectivity index (χ2n) is 8.87. The van der Waals surface area contributed by atoms with Crippen LogP contribution in [0.25, 0.3) is 10.9 Å². The van der Waals surface area contributed by atoms with Crippen LogP contribution in [0, 0.1) is 0 Å². The lowest BCUT2D eigenvalue weighted by Crippen LogP contribution is -2.57. The van der Waals surface area contributed by atoms with E-state index in [1.807, 2.05) is 24.3 Å². The van der Waals surface area contributed by atoms with Gasteiger partial charge in [0, 0.05) is 29.9 Å². The van der Waals surface area contributed by atoms with E-state index in [4.69, 9.17) is 22.3 Å². The highest BCUT2D eigenvalue weighted by molar-refractivity contribution is 5.95. The Kier molecular flexibility index (Phi) is 10.8. The molecule has 206 valence electrons. The number of benzene rings is 1. The van der Waals surface area contributed by atoms with Crippen LogP contribution in [0.1, 0.15) is 38.2 Å². The van der Waals surface area contributed by atoms with Gasteiger partial charge in [-0.1, -0.05) is 18.2 Å². The molecule has 0 aliphatic rings. The van der Waals surface area contributed by atoms with Crippen molar-refractivity contribution in [1.82, 2.24) is 20.9 Å². The van der Waals surface area contributed by atoms with E-state index in [1.54, 1.807) is 6.20 Å². The Balaban J connectivity index is 2.14. The van der Waals surface area contributed by atoms with Crippen molar-refractivity contribution in [1.29, 1.82) is 0 Å². The summed E-state index contributed by atoms with van der Waals surface area (Å²) >= 11 is 0. The van der Waals surface area contributed by atoms with Crippen molar-refractivity contribution >= 4 is 46.4 Å². The van der Waals surface area contributed by atoms with E-state index >= 15 is 0 Å². The average molecular weight is 532 g/mol. The second-order valence-corrected chi connectivity index (χ2v) is 8.87. The van der Waals surface area contributed by atoms with Gasteiger partial charge in [0.05, 0.1) is 6.04 Å². The van der Waals surface area contributed by atoms with Gasteiger partial charge in [0.15, 0.2) is 0 Å². The smallest absolute Gasteiger partial charge is 0.325 e. The first-order valence-electron chi connectivity index (χ1n) is 11.9. The molecule has 0 bridgehead atoms. The number of carbonyl (C=O) groups is 6. The van der Waals surface area contributed by atoms with Gasteiger partial charge in [-0.05, 0) is 37.8 Å². The van der Waals surface area contributed by atoms with Crippen LogP contribution in [0.2, 0.25) is 0 Å². The molecular formula is C24H33N7O7. The van der Waals surface area contributed by atoms with Crippen LogP contribution < -0.4 is 33.2 Å². The van der Waals surface area contributed by atoms with Crippen LogP contribution in [0.4, 0.5) is 0 Å². The lowest BCUT2D eigenvalue weighted by Gasteiger charge is -2.24. The number of fused-ring (bicyclic) bond motifs is 1. The van der Waals surface area contributed by atoms with E-state index < -0.39 is 59.7 Å². The average Bonchev–Trinajstić information content (AvgIpc) is 3.26. The van der Waals surface area contributed by atoms with E-state index in [9.17, 15) is 28.8 Å². The summed E-state index contributed by atoms with van der Waals surface area (Å²) in [5, 5.41) is 17.0. The Bertz CT molecular complexity index is 1200. The molecule has 4 unspecified atom stereocenters. The predicted molar refractivity (Wildman–Crippen MR) is 136 cm³/mol. The van der Waals surface area contributed by atoms with Crippen LogP contribution >= 0.6 is 0 Å². The second kappa shape index (κ2) is 13.7. The summed E-state index contributed by atoms with van der Waals surface area (Å²) in [6.07, 6.45) is 0.919. The van der Waals surface area contributed by atoms with Crippen molar-refractivity contribution in [2.45, 2.75) is 63.2 Å². The lowest BCUT2D eigenvalue weighted by atomic mass is 10.0. The van der Waals surface area contributed by atoms with Crippen LogP contribution in [-0.4, -0.2) is 69.8 Å². The molecule has 0 radical (unpaired) electrons. The molecule has 0 saturated carbocycles. The minimum absolute atomic E-state index is 0.150. The molecule has 1 aromatic carbocycles. The first-order valence-corrected chi connectivity index (χ1v) is 11.9. The van der Waals surface area contributed by atoms with Gasteiger partial charge in [0.25, 0.3) is 0 Å². The third-order valence-corrected chi connectivity index (χ3v) is 5.81. The van der Waals surface area contributed by atoms with Crippen molar-refractivity contribution in [2.24, 2.45) is 17.2 Å². The Labute approximate surface area is 218 Å². The lowest BCUT2D eigenvalue weighted by molar-refractivity contribution is -0.142. The molecule has 14 nitrogen and oxygen atoms in total. The minimum atomic E-state index is -1.34. The molecule has 4 atom stereocenters. The number of aromatic amines is 1. The zero-order chi connectivity index (χ0) is 28.4. The summed E-state index contributed by atoms with van der Waals surface area (Å²) in [5.41, 5.74) is 18.1. The number of H-pyrrole nitrogens is 1. The normalized spacial score (nSPS) is 14.1. The van der Waals surface area contributed by atoms with Crippen LogP contribution in [0.5, 0.6) is 0 Å². The van der Waals surface area contributed by atoms with E-state index in [0.29, 0.717) is 0 Å². The number of para-hydroxylation sites is 1. The van der Waals surface area contributed by atoms with Gasteiger partial charge in [0.1, 0.15) is 18.1 Å². The maximum Gasteiger partial charge on any atom is 0.325 e. The van der Waals surface area contributed by atoms with Gasteiger partial charge < -0.3 is 43.2 Å². The SMILES string of the molecule is CC(NC(=O)C(CCC(N)=O)NC(=O)C(CCC(N)=O)NC(=O)C(N)Cc1c[nH]c2ccccc12)C(=O)O. The van der Waals surface area contributed by atoms with Gasteiger partial charge in [0.2, 0.25) is 29.5 Å². The monoisotopic (exact) mass is 531 g/mol. The maximum absolute atomic E-state index is 13.0. The minimum Gasteiger partial charge on any atom is -0.480 e. The summed E-state index contributed by atoms with van der Waals surface area (Å²) < 4.78 is 0. The van der Waals surface area contributed by atoms with Crippen LogP contribution in [-0.2, 0) is 35.2 Å². The van der Waals surface area contributed by atoms with Crippen molar-refractivity contribution < 1.29 is 33.9 Å². The van der Waals surface area contributed by atoms with Crippen molar-refractivity contribution in [2.75, 3.05) is 0 Å². The van der Waals surface area contributed by atoms with Crippen molar-refractivity contribution in [3.05, 3.63) is 36.0 Å². The Morgan fingerprint density at radius 3 is 1.95 bits per heavy atom. The number of carboxylic acid groups (broad SMARTS) is 1. The highest BCUT2D eigenvalue weighted by atomic mass is 16.4. The maximum atomic E-state index is 13.0. The zero-order valence-corrected chi connectivity index (χ0v) is 20.9. The number of rotatable bonds is 15. The molecule has 1 heterocycles. The Hall–Kier alpha value is -4.46. The Morgan fingerprint density at radius 2 is 1.39 bits per heavy atom. The summed E-state index contributed by atoms with van der Waals surface area (Å²) in [4.78, 5) is 75.3. The number of hydrogen-bond donors (Lipinski definition) is 8. The molecule has 14 heteroatoms. The predicted octanol–water partition coefficient (Wildman–Crippen LogP) is -1.87. The van der Waals surface area contributed by atoms with Crippen LogP contribution in [0.3, 0.4) is 0 Å². The van der Waals surface area contributed by atoms with Gasteiger partial charge in [-0.2, -0.15) is 0 Å². The number of aliphatic carboxylic acids is 1. The molecule has 0 saturated heterocycles. The van der Waals surface area contributed by atoms with Gasteiger partial charge in [-0.15, -0.1) is 0 Å². The van der Waals surface area contributed by atoms with Gasteiger partial charge in [-0.3, -0.25) is 28.8 Å². The molecule has 0 spiro atoms. The van der Waals surface area contributed by atoms with E-state index in [-0.39, 0.29) is 32.1 Å². The van der Waals surface area contributed by atoms with E-state index in [1.165, 1.54) is 6.92 Å². The molecule has 11 N–H and O–H groups in total.